The molecule has 2 nitrogen and oxygen atoms in total. The summed E-state index contributed by atoms with van der Waals surface area (Å²) in [4.78, 5) is 0. The summed E-state index contributed by atoms with van der Waals surface area (Å²) in [6, 6.07) is 7.43. The molecule has 0 saturated heterocycles. The highest BCUT2D eigenvalue weighted by Crippen LogP contribution is 2.09. The van der Waals surface area contributed by atoms with E-state index >= 15 is 0 Å². The van der Waals surface area contributed by atoms with Crippen LogP contribution in [0.1, 0.15) is 19.4 Å². The first-order valence-corrected chi connectivity index (χ1v) is 5.62. The summed E-state index contributed by atoms with van der Waals surface area (Å²) < 4.78 is 18.4. The van der Waals surface area contributed by atoms with E-state index < -0.39 is 0 Å². The van der Waals surface area contributed by atoms with Gasteiger partial charge in [0.05, 0.1) is 6.61 Å². The van der Waals surface area contributed by atoms with E-state index in [-0.39, 0.29) is 17.9 Å². The summed E-state index contributed by atoms with van der Waals surface area (Å²) in [5, 5.41) is 3.36. The average Bonchev–Trinajstić information content (AvgIpc) is 2.21. The maximum Gasteiger partial charge on any atom is 0.126 e. The molecule has 16 heavy (non-hydrogen) atoms. The van der Waals surface area contributed by atoms with Gasteiger partial charge in [-0.1, -0.05) is 18.2 Å². The summed E-state index contributed by atoms with van der Waals surface area (Å²) in [7, 11) is 1.68. The Bertz CT molecular complexity index is 317. The molecule has 0 unspecified atom stereocenters. The fraction of sp³-hybridized carbons (Fsp3) is 0.538. The lowest BCUT2D eigenvalue weighted by molar-refractivity contribution is 0.167. The largest absolute Gasteiger partial charge is 0.383 e. The number of benzene rings is 1. The van der Waals surface area contributed by atoms with E-state index in [1.54, 1.807) is 13.2 Å². The molecule has 0 aliphatic heterocycles. The predicted molar refractivity (Wildman–Crippen MR) is 64.0 cm³/mol. The highest BCUT2D eigenvalue weighted by Gasteiger charge is 2.09. The van der Waals surface area contributed by atoms with Crippen LogP contribution in [-0.2, 0) is 11.2 Å². The van der Waals surface area contributed by atoms with Crippen molar-refractivity contribution in [2.45, 2.75) is 32.4 Å². The van der Waals surface area contributed by atoms with Gasteiger partial charge in [0.25, 0.3) is 0 Å². The minimum atomic E-state index is -0.129. The van der Waals surface area contributed by atoms with Crippen molar-refractivity contribution in [1.82, 2.24) is 5.32 Å². The quantitative estimate of drug-likeness (QED) is 0.802. The molecule has 1 aromatic rings. The second kappa shape index (κ2) is 6.61. The van der Waals surface area contributed by atoms with Gasteiger partial charge in [0.15, 0.2) is 0 Å². The topological polar surface area (TPSA) is 21.3 Å². The number of hydrogen-bond donors (Lipinski definition) is 1. The van der Waals surface area contributed by atoms with Crippen molar-refractivity contribution in [2.24, 2.45) is 0 Å². The fourth-order valence-corrected chi connectivity index (χ4v) is 1.84. The first-order valence-electron chi connectivity index (χ1n) is 5.62. The van der Waals surface area contributed by atoms with Crippen LogP contribution in [-0.4, -0.2) is 25.8 Å². The number of nitrogens with one attached hydrogen (secondary N) is 1. The highest BCUT2D eigenvalue weighted by molar-refractivity contribution is 5.18. The van der Waals surface area contributed by atoms with Gasteiger partial charge in [-0.2, -0.15) is 0 Å². The average molecular weight is 225 g/mol. The Kier molecular flexibility index (Phi) is 5.43. The van der Waals surface area contributed by atoms with Crippen LogP contribution >= 0.6 is 0 Å². The summed E-state index contributed by atoms with van der Waals surface area (Å²) in [5.74, 6) is -0.129. The van der Waals surface area contributed by atoms with Crippen LogP contribution in [0.2, 0.25) is 0 Å². The zero-order valence-corrected chi connectivity index (χ0v) is 10.2. The van der Waals surface area contributed by atoms with E-state index in [4.69, 9.17) is 4.74 Å². The second-order valence-corrected chi connectivity index (χ2v) is 4.22. The molecule has 90 valence electrons. The van der Waals surface area contributed by atoms with Crippen molar-refractivity contribution in [3.8, 4) is 0 Å². The normalized spacial score (nSPS) is 14.8. The van der Waals surface area contributed by atoms with Gasteiger partial charge in [-0.3, -0.25) is 0 Å². The Hall–Kier alpha value is -0.930. The smallest absolute Gasteiger partial charge is 0.126 e. The van der Waals surface area contributed by atoms with Crippen LogP contribution in [0.5, 0.6) is 0 Å². The Balaban J connectivity index is 2.45. The molecule has 0 aliphatic rings. The van der Waals surface area contributed by atoms with Gasteiger partial charge in [0.1, 0.15) is 5.82 Å². The van der Waals surface area contributed by atoms with Crippen molar-refractivity contribution < 1.29 is 9.13 Å². The Morgan fingerprint density at radius 3 is 2.56 bits per heavy atom. The third kappa shape index (κ3) is 4.29. The molecule has 0 aromatic heterocycles. The monoisotopic (exact) mass is 225 g/mol. The number of hydrogen-bond acceptors (Lipinski definition) is 2. The van der Waals surface area contributed by atoms with Gasteiger partial charge in [-0.15, -0.1) is 0 Å². The van der Waals surface area contributed by atoms with E-state index in [2.05, 4.69) is 19.2 Å². The summed E-state index contributed by atoms with van der Waals surface area (Å²) in [5.41, 5.74) is 0.757. The van der Waals surface area contributed by atoms with E-state index in [1.165, 1.54) is 6.07 Å². The first kappa shape index (κ1) is 13.1. The molecular weight excluding hydrogens is 205 g/mol. The zero-order chi connectivity index (χ0) is 12.0. The van der Waals surface area contributed by atoms with Crippen LogP contribution in [0.4, 0.5) is 4.39 Å². The minimum Gasteiger partial charge on any atom is -0.383 e. The fourth-order valence-electron chi connectivity index (χ4n) is 1.84. The molecule has 2 atom stereocenters. The molecule has 0 spiro atoms. The molecule has 1 rings (SSSR count). The van der Waals surface area contributed by atoms with Crippen molar-refractivity contribution >= 4 is 0 Å². The van der Waals surface area contributed by atoms with Crippen LogP contribution in [0.25, 0.3) is 0 Å². The molecule has 0 bridgehead atoms. The lowest BCUT2D eigenvalue weighted by Gasteiger charge is -2.19. The molecule has 0 radical (unpaired) electrons. The van der Waals surface area contributed by atoms with Crippen LogP contribution in [0, 0.1) is 5.82 Å². The van der Waals surface area contributed by atoms with E-state index in [9.17, 15) is 4.39 Å². The van der Waals surface area contributed by atoms with E-state index in [0.29, 0.717) is 13.0 Å². The lowest BCUT2D eigenvalue weighted by Crippen LogP contribution is -2.38. The van der Waals surface area contributed by atoms with Crippen LogP contribution in [0.15, 0.2) is 24.3 Å². The van der Waals surface area contributed by atoms with Crippen LogP contribution in [0.3, 0.4) is 0 Å². The van der Waals surface area contributed by atoms with Crippen molar-refractivity contribution in [2.75, 3.05) is 13.7 Å². The van der Waals surface area contributed by atoms with Gasteiger partial charge in [-0.25, -0.2) is 4.39 Å². The Labute approximate surface area is 96.8 Å². The highest BCUT2D eigenvalue weighted by atomic mass is 19.1. The standard InChI is InChI=1S/C13H20FNO/c1-10(15-11(2)9-16-3)8-12-6-4-5-7-13(12)14/h4-7,10-11,15H,8-9H2,1-3H3/t10-,11+/m0/s1. The van der Waals surface area contributed by atoms with Gasteiger partial charge in [0, 0.05) is 19.2 Å². The van der Waals surface area contributed by atoms with Crippen molar-refractivity contribution in [3.63, 3.8) is 0 Å². The molecule has 0 aliphatic carbocycles. The molecule has 1 N–H and O–H groups in total. The molecule has 0 saturated carbocycles. The summed E-state index contributed by atoms with van der Waals surface area (Å²) in [6.45, 7) is 4.78. The summed E-state index contributed by atoms with van der Waals surface area (Å²) >= 11 is 0. The zero-order valence-electron chi connectivity index (χ0n) is 10.2. The van der Waals surface area contributed by atoms with Crippen LogP contribution < -0.4 is 5.32 Å². The van der Waals surface area contributed by atoms with Crippen molar-refractivity contribution in [1.29, 1.82) is 0 Å². The third-order valence-corrected chi connectivity index (χ3v) is 2.47. The van der Waals surface area contributed by atoms with E-state index in [0.717, 1.165) is 5.56 Å². The SMILES string of the molecule is COC[C@@H](C)N[C@@H](C)Cc1ccccc1F. The van der Waals surface area contributed by atoms with E-state index in [1.807, 2.05) is 12.1 Å². The van der Waals surface area contributed by atoms with Gasteiger partial charge < -0.3 is 10.1 Å². The number of ether oxygens (including phenoxy) is 1. The second-order valence-electron chi connectivity index (χ2n) is 4.22. The van der Waals surface area contributed by atoms with Crippen molar-refractivity contribution in [3.05, 3.63) is 35.6 Å². The molecule has 3 heteroatoms. The van der Waals surface area contributed by atoms with Gasteiger partial charge >= 0.3 is 0 Å². The molecule has 0 amide bonds. The van der Waals surface area contributed by atoms with Gasteiger partial charge in [0.2, 0.25) is 0 Å². The predicted octanol–water partition coefficient (Wildman–Crippen LogP) is 2.38. The molecule has 1 aromatic carbocycles. The Morgan fingerprint density at radius 2 is 1.94 bits per heavy atom. The molecule has 0 heterocycles. The maximum absolute atomic E-state index is 13.4. The Morgan fingerprint density at radius 1 is 1.25 bits per heavy atom. The summed E-state index contributed by atoms with van der Waals surface area (Å²) in [6.07, 6.45) is 0.695. The number of rotatable bonds is 6. The minimum absolute atomic E-state index is 0.129. The molecular formula is C13H20FNO. The molecule has 0 fully saturated rings. The first-order chi connectivity index (χ1) is 7.63. The third-order valence-electron chi connectivity index (χ3n) is 2.47. The number of methoxy groups -OCH3 is 1. The lowest BCUT2D eigenvalue weighted by atomic mass is 10.1. The number of halogens is 1. The van der Waals surface area contributed by atoms with Gasteiger partial charge in [-0.05, 0) is 31.9 Å². The maximum atomic E-state index is 13.4.